The molecule has 0 aromatic heterocycles. The Hall–Kier alpha value is -2.20. The lowest BCUT2D eigenvalue weighted by atomic mass is 10.2. The fourth-order valence-corrected chi connectivity index (χ4v) is 4.85. The van der Waals surface area contributed by atoms with Gasteiger partial charge in [0.1, 0.15) is 5.75 Å². The number of thioether (sulfide) groups is 1. The molecule has 31 heavy (non-hydrogen) atoms. The summed E-state index contributed by atoms with van der Waals surface area (Å²) in [6, 6.07) is 14.7. The number of hydrogen-bond acceptors (Lipinski definition) is 6. The minimum absolute atomic E-state index is 0.00929. The molecule has 0 saturated carbocycles. The normalized spacial score (nSPS) is 18.0. The van der Waals surface area contributed by atoms with Crippen molar-refractivity contribution >= 4 is 67.8 Å². The van der Waals surface area contributed by atoms with E-state index >= 15 is 0 Å². The number of rotatable bonds is 5. The predicted octanol–water partition coefficient (Wildman–Crippen LogP) is 4.09. The molecule has 2 amide bonds. The van der Waals surface area contributed by atoms with Crippen LogP contribution in [0.4, 0.5) is 5.69 Å². The number of ether oxygens (including phenoxy) is 2. The van der Waals surface area contributed by atoms with Gasteiger partial charge in [0, 0.05) is 17.6 Å². The van der Waals surface area contributed by atoms with E-state index in [4.69, 9.17) is 21.7 Å². The topological polar surface area (TPSA) is 59.1 Å². The minimum atomic E-state index is -0.149. The lowest BCUT2D eigenvalue weighted by Crippen LogP contribution is -2.42. The number of hydrogen-bond donors (Lipinski definition) is 0. The first-order valence-electron chi connectivity index (χ1n) is 9.63. The Labute approximate surface area is 198 Å². The van der Waals surface area contributed by atoms with Gasteiger partial charge in [-0.3, -0.25) is 14.5 Å². The minimum Gasteiger partial charge on any atom is -0.484 e. The average molecular weight is 519 g/mol. The molecule has 2 heterocycles. The molecule has 0 N–H and O–H groups in total. The van der Waals surface area contributed by atoms with Crippen LogP contribution >= 0.6 is 39.9 Å². The van der Waals surface area contributed by atoms with E-state index in [1.165, 1.54) is 16.7 Å². The van der Waals surface area contributed by atoms with Crippen LogP contribution < -0.4 is 9.64 Å². The van der Waals surface area contributed by atoms with Crippen LogP contribution in [0.3, 0.4) is 0 Å². The van der Waals surface area contributed by atoms with Gasteiger partial charge >= 0.3 is 0 Å². The second-order valence-electron chi connectivity index (χ2n) is 6.85. The quantitative estimate of drug-likeness (QED) is 0.438. The van der Waals surface area contributed by atoms with Crippen LogP contribution in [0.1, 0.15) is 5.56 Å². The molecule has 0 radical (unpaired) electrons. The molecular weight excluding hydrogens is 500 g/mol. The van der Waals surface area contributed by atoms with Crippen molar-refractivity contribution in [3.63, 3.8) is 0 Å². The summed E-state index contributed by atoms with van der Waals surface area (Å²) in [6.07, 6.45) is 1.81. The summed E-state index contributed by atoms with van der Waals surface area (Å²) in [5, 5.41) is 0. The number of halogens is 1. The zero-order valence-corrected chi connectivity index (χ0v) is 19.7. The van der Waals surface area contributed by atoms with Crippen molar-refractivity contribution in [1.82, 2.24) is 4.90 Å². The maximum atomic E-state index is 12.9. The number of nitrogens with zero attached hydrogens (tertiary/aromatic N) is 2. The van der Waals surface area contributed by atoms with Crippen molar-refractivity contribution < 1.29 is 19.1 Å². The molecule has 6 nitrogen and oxygen atoms in total. The molecule has 2 aromatic rings. The third kappa shape index (κ3) is 5.35. The van der Waals surface area contributed by atoms with Gasteiger partial charge in [0.15, 0.2) is 10.9 Å². The van der Waals surface area contributed by atoms with Gasteiger partial charge in [-0.25, -0.2) is 0 Å². The monoisotopic (exact) mass is 518 g/mol. The van der Waals surface area contributed by atoms with Gasteiger partial charge in [-0.05, 0) is 42.0 Å². The maximum Gasteiger partial charge on any atom is 0.270 e. The summed E-state index contributed by atoms with van der Waals surface area (Å²) in [5.41, 5.74) is 1.58. The highest BCUT2D eigenvalue weighted by Gasteiger charge is 2.33. The number of amides is 2. The summed E-state index contributed by atoms with van der Waals surface area (Å²) in [6.45, 7) is 2.31. The summed E-state index contributed by atoms with van der Waals surface area (Å²) >= 11 is 10.1. The van der Waals surface area contributed by atoms with Crippen molar-refractivity contribution in [1.29, 1.82) is 0 Å². The molecular formula is C22H19BrN2O4S2. The highest BCUT2D eigenvalue weighted by molar-refractivity contribution is 9.10. The largest absolute Gasteiger partial charge is 0.484 e. The number of anilines is 1. The summed E-state index contributed by atoms with van der Waals surface area (Å²) < 4.78 is 12.2. The Balaban J connectivity index is 1.39. The van der Waals surface area contributed by atoms with Crippen LogP contribution in [0.15, 0.2) is 57.9 Å². The number of morpholine rings is 1. The molecule has 9 heteroatoms. The van der Waals surface area contributed by atoms with Crippen molar-refractivity contribution in [2.45, 2.75) is 0 Å². The van der Waals surface area contributed by atoms with E-state index < -0.39 is 0 Å². The lowest BCUT2D eigenvalue weighted by molar-refractivity contribution is -0.137. The SMILES string of the molecule is O=C(COc1ccc(/C=C2/SC(=S)N(c3cccc(Br)c3)C2=O)cc1)N1CCOCC1. The number of carbonyl (C=O) groups is 2. The van der Waals surface area contributed by atoms with E-state index in [0.29, 0.717) is 41.3 Å². The number of carbonyl (C=O) groups excluding carboxylic acids is 2. The first-order chi connectivity index (χ1) is 15.0. The van der Waals surface area contributed by atoms with Crippen molar-refractivity contribution in [2.75, 3.05) is 37.8 Å². The van der Waals surface area contributed by atoms with Gasteiger partial charge < -0.3 is 14.4 Å². The first-order valence-corrected chi connectivity index (χ1v) is 11.6. The van der Waals surface area contributed by atoms with E-state index in [0.717, 1.165) is 15.7 Å². The zero-order chi connectivity index (χ0) is 21.8. The Morgan fingerprint density at radius 1 is 1.19 bits per heavy atom. The smallest absolute Gasteiger partial charge is 0.270 e. The second kappa shape index (κ2) is 9.95. The molecule has 0 unspecified atom stereocenters. The van der Waals surface area contributed by atoms with E-state index in [1.807, 2.05) is 36.4 Å². The van der Waals surface area contributed by atoms with Crippen LogP contribution in [-0.2, 0) is 14.3 Å². The van der Waals surface area contributed by atoms with Crippen LogP contribution in [0.25, 0.3) is 6.08 Å². The van der Waals surface area contributed by atoms with Gasteiger partial charge in [-0.2, -0.15) is 0 Å². The van der Waals surface area contributed by atoms with Gasteiger partial charge in [0.25, 0.3) is 11.8 Å². The lowest BCUT2D eigenvalue weighted by Gasteiger charge is -2.26. The van der Waals surface area contributed by atoms with E-state index in [9.17, 15) is 9.59 Å². The molecule has 0 atom stereocenters. The molecule has 0 spiro atoms. The van der Waals surface area contributed by atoms with Gasteiger partial charge in [0.2, 0.25) is 0 Å². The Bertz CT molecular complexity index is 1040. The van der Waals surface area contributed by atoms with Gasteiger partial charge in [-0.15, -0.1) is 0 Å². The molecule has 0 aliphatic carbocycles. The van der Waals surface area contributed by atoms with Gasteiger partial charge in [-0.1, -0.05) is 58.1 Å². The first kappa shape index (κ1) is 22.0. The van der Waals surface area contributed by atoms with E-state index in [-0.39, 0.29) is 18.4 Å². The Kier molecular flexibility index (Phi) is 7.06. The van der Waals surface area contributed by atoms with Crippen LogP contribution in [0.2, 0.25) is 0 Å². The fraction of sp³-hybridized carbons (Fsp3) is 0.227. The molecule has 4 rings (SSSR count). The molecule has 160 valence electrons. The molecule has 2 saturated heterocycles. The Morgan fingerprint density at radius 2 is 1.94 bits per heavy atom. The van der Waals surface area contributed by atoms with Crippen LogP contribution in [0, 0.1) is 0 Å². The summed E-state index contributed by atoms with van der Waals surface area (Å²) in [7, 11) is 0. The van der Waals surface area contributed by atoms with Gasteiger partial charge in [0.05, 0.1) is 23.8 Å². The number of benzene rings is 2. The van der Waals surface area contributed by atoms with Crippen molar-refractivity contribution in [3.05, 3.63) is 63.5 Å². The standard InChI is InChI=1S/C22H19BrN2O4S2/c23-16-2-1-3-17(13-16)25-21(27)19(31-22(25)30)12-15-4-6-18(7-5-15)29-14-20(26)24-8-10-28-11-9-24/h1-7,12-13H,8-11,14H2/b19-12+. The molecule has 2 fully saturated rings. The molecule has 2 aromatic carbocycles. The third-order valence-corrected chi connectivity index (χ3v) is 6.56. The average Bonchev–Trinajstić information content (AvgIpc) is 3.06. The zero-order valence-electron chi connectivity index (χ0n) is 16.5. The molecule has 2 aliphatic heterocycles. The maximum absolute atomic E-state index is 12.9. The number of thiocarbonyl (C=S) groups is 1. The second-order valence-corrected chi connectivity index (χ2v) is 9.44. The van der Waals surface area contributed by atoms with E-state index in [1.54, 1.807) is 23.1 Å². The molecule has 2 aliphatic rings. The fourth-order valence-electron chi connectivity index (χ4n) is 3.17. The summed E-state index contributed by atoms with van der Waals surface area (Å²) in [4.78, 5) is 28.9. The molecule has 0 bridgehead atoms. The third-order valence-electron chi connectivity index (χ3n) is 4.76. The van der Waals surface area contributed by atoms with E-state index in [2.05, 4.69) is 15.9 Å². The van der Waals surface area contributed by atoms with Crippen LogP contribution in [-0.4, -0.2) is 53.9 Å². The predicted molar refractivity (Wildman–Crippen MR) is 129 cm³/mol. The Morgan fingerprint density at radius 3 is 2.65 bits per heavy atom. The highest BCUT2D eigenvalue weighted by Crippen LogP contribution is 2.36. The van der Waals surface area contributed by atoms with Crippen molar-refractivity contribution in [3.8, 4) is 5.75 Å². The highest BCUT2D eigenvalue weighted by atomic mass is 79.9. The summed E-state index contributed by atoms with van der Waals surface area (Å²) in [5.74, 6) is 0.397. The van der Waals surface area contributed by atoms with Crippen molar-refractivity contribution in [2.24, 2.45) is 0 Å². The van der Waals surface area contributed by atoms with Crippen LogP contribution in [0.5, 0.6) is 5.75 Å².